The molecule has 0 aromatic rings. The summed E-state index contributed by atoms with van der Waals surface area (Å²) in [6, 6.07) is 0.165. The molecule has 92 valence electrons. The zero-order valence-electron chi connectivity index (χ0n) is 9.97. The Morgan fingerprint density at radius 3 is 3.00 bits per heavy atom. The topological polar surface area (TPSA) is 49.8 Å². The fraction of sp³-hybridized carbons (Fsp3) is 0.909. The quantitative estimate of drug-likeness (QED) is 0.743. The number of carbonyl (C=O) groups excluding carboxylic acids is 1. The van der Waals surface area contributed by atoms with Crippen molar-refractivity contribution in [3.05, 3.63) is 0 Å². The molecule has 0 saturated carbocycles. The Morgan fingerprint density at radius 1 is 1.69 bits per heavy atom. The Labute approximate surface area is 100 Å². The predicted octanol–water partition coefficient (Wildman–Crippen LogP) is 0.694. The highest BCUT2D eigenvalue weighted by Crippen LogP contribution is 2.41. The maximum atomic E-state index is 12.0. The van der Waals surface area contributed by atoms with Crippen molar-refractivity contribution in [1.29, 1.82) is 0 Å². The number of rotatable bonds is 3. The van der Waals surface area contributed by atoms with Gasteiger partial charge < -0.3 is 14.7 Å². The number of β-lactam (4-membered cyclic amide) rings is 1. The molecule has 1 N–H and O–H groups in total. The summed E-state index contributed by atoms with van der Waals surface area (Å²) in [4.78, 5) is 13.8. The average Bonchev–Trinajstić information content (AvgIpc) is 2.15. The minimum Gasteiger partial charge on any atom is -0.391 e. The molecule has 5 heteroatoms. The number of aliphatic hydroxyl groups is 1. The SMILES string of the molecule is CSCC(O)[C@H]1C(=O)N2[C@@H]1CCOC2(C)C. The van der Waals surface area contributed by atoms with Gasteiger partial charge in [0.2, 0.25) is 5.91 Å². The Hall–Kier alpha value is -0.260. The monoisotopic (exact) mass is 245 g/mol. The van der Waals surface area contributed by atoms with Crippen molar-refractivity contribution in [1.82, 2.24) is 4.90 Å². The van der Waals surface area contributed by atoms with Crippen molar-refractivity contribution < 1.29 is 14.6 Å². The molecular formula is C11H19NO3S. The summed E-state index contributed by atoms with van der Waals surface area (Å²) in [5.74, 6) is 0.453. The molecule has 2 heterocycles. The number of nitrogens with zero attached hydrogens (tertiary/aromatic N) is 1. The van der Waals surface area contributed by atoms with E-state index in [0.717, 1.165) is 6.42 Å². The standard InChI is InChI=1S/C11H19NO3S/c1-11(2)12-7(4-5-15-11)9(10(12)14)8(13)6-16-3/h7-9,13H,4-6H2,1-3H3/t7-,8?,9+/m1/s1. The second-order valence-electron chi connectivity index (χ2n) is 4.91. The highest BCUT2D eigenvalue weighted by atomic mass is 32.2. The zero-order valence-corrected chi connectivity index (χ0v) is 10.8. The molecule has 0 aliphatic carbocycles. The normalized spacial score (nSPS) is 34.2. The van der Waals surface area contributed by atoms with E-state index in [0.29, 0.717) is 12.4 Å². The van der Waals surface area contributed by atoms with E-state index in [9.17, 15) is 9.90 Å². The van der Waals surface area contributed by atoms with E-state index in [1.165, 1.54) is 0 Å². The number of thioether (sulfide) groups is 1. The molecule has 0 aromatic carbocycles. The van der Waals surface area contributed by atoms with E-state index in [1.54, 1.807) is 16.7 Å². The number of carbonyl (C=O) groups is 1. The lowest BCUT2D eigenvalue weighted by molar-refractivity contribution is -0.240. The number of amides is 1. The Bertz CT molecular complexity index is 295. The highest BCUT2D eigenvalue weighted by Gasteiger charge is 2.57. The van der Waals surface area contributed by atoms with Gasteiger partial charge in [-0.3, -0.25) is 4.79 Å². The zero-order chi connectivity index (χ0) is 11.9. The summed E-state index contributed by atoms with van der Waals surface area (Å²) in [5, 5.41) is 9.94. The van der Waals surface area contributed by atoms with Crippen LogP contribution in [0.15, 0.2) is 0 Å². The van der Waals surface area contributed by atoms with Crippen molar-refractivity contribution >= 4 is 17.7 Å². The van der Waals surface area contributed by atoms with Gasteiger partial charge in [-0.05, 0) is 26.5 Å². The highest BCUT2D eigenvalue weighted by molar-refractivity contribution is 7.98. The van der Waals surface area contributed by atoms with E-state index >= 15 is 0 Å². The summed E-state index contributed by atoms with van der Waals surface area (Å²) in [6.07, 6.45) is 2.27. The third-order valence-corrected chi connectivity index (χ3v) is 4.14. The molecule has 3 atom stereocenters. The van der Waals surface area contributed by atoms with Crippen LogP contribution in [0, 0.1) is 5.92 Å². The van der Waals surface area contributed by atoms with Gasteiger partial charge in [-0.15, -0.1) is 0 Å². The number of fused-ring (bicyclic) bond motifs is 1. The van der Waals surface area contributed by atoms with E-state index in [4.69, 9.17) is 4.74 Å². The van der Waals surface area contributed by atoms with Gasteiger partial charge in [0.05, 0.1) is 24.7 Å². The maximum Gasteiger partial charge on any atom is 0.232 e. The average molecular weight is 245 g/mol. The van der Waals surface area contributed by atoms with Gasteiger partial charge in [-0.2, -0.15) is 11.8 Å². The fourth-order valence-electron chi connectivity index (χ4n) is 2.73. The Morgan fingerprint density at radius 2 is 2.38 bits per heavy atom. The van der Waals surface area contributed by atoms with Gasteiger partial charge in [0.25, 0.3) is 0 Å². The molecular weight excluding hydrogens is 226 g/mol. The molecule has 1 unspecified atom stereocenters. The first-order chi connectivity index (χ1) is 7.49. The second kappa shape index (κ2) is 4.20. The molecule has 2 rings (SSSR count). The first kappa shape index (κ1) is 12.2. The van der Waals surface area contributed by atoms with Crippen LogP contribution >= 0.6 is 11.8 Å². The van der Waals surface area contributed by atoms with E-state index < -0.39 is 11.8 Å². The van der Waals surface area contributed by atoms with Crippen molar-refractivity contribution in [3.63, 3.8) is 0 Å². The lowest BCUT2D eigenvalue weighted by atomic mass is 9.78. The van der Waals surface area contributed by atoms with Gasteiger partial charge in [0.15, 0.2) is 0 Å². The van der Waals surface area contributed by atoms with Crippen molar-refractivity contribution in [2.75, 3.05) is 18.6 Å². The summed E-state index contributed by atoms with van der Waals surface area (Å²) in [5.41, 5.74) is -0.504. The molecule has 2 aliphatic heterocycles. The summed E-state index contributed by atoms with van der Waals surface area (Å²) in [6.45, 7) is 4.49. The van der Waals surface area contributed by atoms with Crippen molar-refractivity contribution in [2.24, 2.45) is 5.92 Å². The number of hydrogen-bond donors (Lipinski definition) is 1. The lowest BCUT2D eigenvalue weighted by Gasteiger charge is -2.58. The van der Waals surface area contributed by atoms with Crippen molar-refractivity contribution in [2.45, 2.75) is 38.1 Å². The summed E-state index contributed by atoms with van der Waals surface area (Å²) < 4.78 is 5.58. The third-order valence-electron chi connectivity index (χ3n) is 3.47. The Kier molecular flexibility index (Phi) is 3.20. The van der Waals surface area contributed by atoms with Gasteiger partial charge in [-0.25, -0.2) is 0 Å². The van der Waals surface area contributed by atoms with Crippen LogP contribution in [0.25, 0.3) is 0 Å². The van der Waals surface area contributed by atoms with Crippen LogP contribution in [-0.4, -0.2) is 52.4 Å². The van der Waals surface area contributed by atoms with Gasteiger partial charge in [0.1, 0.15) is 5.72 Å². The first-order valence-corrected chi connectivity index (χ1v) is 7.02. The minimum atomic E-state index is -0.516. The summed E-state index contributed by atoms with van der Waals surface area (Å²) >= 11 is 1.58. The third kappa shape index (κ3) is 1.75. The van der Waals surface area contributed by atoms with Crippen LogP contribution in [0.2, 0.25) is 0 Å². The molecule has 1 amide bonds. The first-order valence-electron chi connectivity index (χ1n) is 5.63. The second-order valence-corrected chi connectivity index (χ2v) is 5.82. The van der Waals surface area contributed by atoms with E-state index in [-0.39, 0.29) is 17.9 Å². The molecule has 2 fully saturated rings. The molecule has 2 aliphatic rings. The van der Waals surface area contributed by atoms with Gasteiger partial charge in [-0.1, -0.05) is 0 Å². The van der Waals surface area contributed by atoms with Crippen LogP contribution in [0.3, 0.4) is 0 Å². The predicted molar refractivity (Wildman–Crippen MR) is 63.2 cm³/mol. The molecule has 0 radical (unpaired) electrons. The molecule has 0 bridgehead atoms. The number of ether oxygens (including phenoxy) is 1. The van der Waals surface area contributed by atoms with Crippen LogP contribution in [-0.2, 0) is 9.53 Å². The van der Waals surface area contributed by atoms with Gasteiger partial charge in [0, 0.05) is 5.75 Å². The molecule has 4 nitrogen and oxygen atoms in total. The van der Waals surface area contributed by atoms with Crippen molar-refractivity contribution in [3.8, 4) is 0 Å². The largest absolute Gasteiger partial charge is 0.391 e. The summed E-state index contributed by atoms with van der Waals surface area (Å²) in [7, 11) is 0. The molecule has 16 heavy (non-hydrogen) atoms. The smallest absolute Gasteiger partial charge is 0.232 e. The lowest BCUT2D eigenvalue weighted by Crippen LogP contribution is -2.73. The fourth-order valence-corrected chi connectivity index (χ4v) is 3.28. The van der Waals surface area contributed by atoms with Crippen LogP contribution < -0.4 is 0 Å². The van der Waals surface area contributed by atoms with Crippen LogP contribution in [0.1, 0.15) is 20.3 Å². The van der Waals surface area contributed by atoms with E-state index in [2.05, 4.69) is 0 Å². The molecule has 0 aromatic heterocycles. The van der Waals surface area contributed by atoms with Crippen LogP contribution in [0.5, 0.6) is 0 Å². The molecule has 0 spiro atoms. The van der Waals surface area contributed by atoms with Gasteiger partial charge >= 0.3 is 0 Å². The van der Waals surface area contributed by atoms with Crippen LogP contribution in [0.4, 0.5) is 0 Å². The molecule has 2 saturated heterocycles. The number of aliphatic hydroxyl groups excluding tert-OH is 1. The number of hydrogen-bond acceptors (Lipinski definition) is 4. The Balaban J connectivity index is 2.08. The minimum absolute atomic E-state index is 0.0382. The maximum absolute atomic E-state index is 12.0. The van der Waals surface area contributed by atoms with E-state index in [1.807, 2.05) is 20.1 Å².